The van der Waals surface area contributed by atoms with Crippen molar-refractivity contribution in [2.24, 2.45) is 5.84 Å². The van der Waals surface area contributed by atoms with Gasteiger partial charge in [0.05, 0.1) is 6.20 Å². The van der Waals surface area contributed by atoms with Crippen LogP contribution in [0, 0.1) is 5.82 Å². The van der Waals surface area contributed by atoms with E-state index in [9.17, 15) is 9.18 Å². The predicted octanol–water partition coefficient (Wildman–Crippen LogP) is 0.913. The summed E-state index contributed by atoms with van der Waals surface area (Å²) in [5, 5.41) is 0.982. The van der Waals surface area contributed by atoms with Gasteiger partial charge in [-0.3, -0.25) is 4.79 Å². The number of carbonyl (C=O) groups excluding carboxylic acids is 1. The molecular weight excluding hydrogens is 235 g/mol. The van der Waals surface area contributed by atoms with E-state index in [1.165, 1.54) is 25.0 Å². The third-order valence-electron chi connectivity index (χ3n) is 3.07. The summed E-state index contributed by atoms with van der Waals surface area (Å²) in [4.78, 5) is 17.8. The average Bonchev–Trinajstić information content (AvgIpc) is 2.89. The summed E-state index contributed by atoms with van der Waals surface area (Å²) >= 11 is 0. The number of hydrogen-bond donors (Lipinski definition) is 1. The van der Waals surface area contributed by atoms with Crippen LogP contribution < -0.4 is 10.9 Å². The first-order chi connectivity index (χ1) is 8.66. The van der Waals surface area contributed by atoms with E-state index >= 15 is 0 Å². The van der Waals surface area contributed by atoms with Gasteiger partial charge in [0.1, 0.15) is 11.6 Å². The number of carbonyl (C=O) groups is 1. The first-order valence-corrected chi connectivity index (χ1v) is 6.08. The van der Waals surface area contributed by atoms with Crippen molar-refractivity contribution in [2.75, 3.05) is 24.6 Å². The second-order valence-corrected chi connectivity index (χ2v) is 4.40. The van der Waals surface area contributed by atoms with E-state index in [2.05, 4.69) is 9.88 Å². The quantitative estimate of drug-likeness (QED) is 0.491. The molecule has 1 amide bonds. The molecule has 0 radical (unpaired) electrons. The molecular formula is C12H17FN4O. The number of nitrogens with zero attached hydrogens (tertiary/aromatic N) is 3. The Kier molecular flexibility index (Phi) is 4.22. The molecule has 1 saturated heterocycles. The van der Waals surface area contributed by atoms with Crippen molar-refractivity contribution >= 4 is 11.7 Å². The second kappa shape index (κ2) is 5.88. The van der Waals surface area contributed by atoms with Crippen LogP contribution in [0.3, 0.4) is 0 Å². The highest BCUT2D eigenvalue weighted by Gasteiger charge is 2.16. The Morgan fingerprint density at radius 1 is 1.44 bits per heavy atom. The fourth-order valence-corrected chi connectivity index (χ4v) is 2.02. The molecule has 1 fully saturated rings. The minimum absolute atomic E-state index is 0.207. The maximum Gasteiger partial charge on any atom is 0.243 e. The number of nitrogens with two attached hydrogens (primary N) is 1. The van der Waals surface area contributed by atoms with Gasteiger partial charge >= 0.3 is 0 Å². The van der Waals surface area contributed by atoms with Crippen molar-refractivity contribution in [2.45, 2.75) is 19.3 Å². The van der Waals surface area contributed by atoms with Crippen molar-refractivity contribution in [3.8, 4) is 0 Å². The lowest BCUT2D eigenvalue weighted by Gasteiger charge is -2.18. The number of aromatic nitrogens is 1. The van der Waals surface area contributed by atoms with Crippen LogP contribution >= 0.6 is 0 Å². The number of anilines is 1. The highest BCUT2D eigenvalue weighted by molar-refractivity contribution is 5.91. The maximum absolute atomic E-state index is 12.7. The van der Waals surface area contributed by atoms with Gasteiger partial charge in [0, 0.05) is 13.0 Å². The lowest BCUT2D eigenvalue weighted by Crippen LogP contribution is -2.39. The van der Waals surface area contributed by atoms with Gasteiger partial charge in [-0.1, -0.05) is 0 Å². The number of hydrogen-bond acceptors (Lipinski definition) is 4. The van der Waals surface area contributed by atoms with Crippen molar-refractivity contribution < 1.29 is 9.18 Å². The molecule has 0 aliphatic carbocycles. The van der Waals surface area contributed by atoms with Crippen LogP contribution in [-0.2, 0) is 4.79 Å². The number of halogens is 1. The molecule has 0 atom stereocenters. The van der Waals surface area contributed by atoms with Crippen molar-refractivity contribution in [1.29, 1.82) is 0 Å². The molecule has 2 rings (SSSR count). The summed E-state index contributed by atoms with van der Waals surface area (Å²) in [6, 6.07) is 2.62. The van der Waals surface area contributed by atoms with Gasteiger partial charge in [-0.05, 0) is 38.1 Å². The van der Waals surface area contributed by atoms with Gasteiger partial charge < -0.3 is 4.90 Å². The molecule has 1 aromatic rings. The minimum Gasteiger partial charge on any atom is -0.303 e. The van der Waals surface area contributed by atoms with E-state index < -0.39 is 5.82 Å². The molecule has 5 nitrogen and oxygen atoms in total. The van der Waals surface area contributed by atoms with Crippen LogP contribution in [0.15, 0.2) is 18.3 Å². The zero-order valence-corrected chi connectivity index (χ0v) is 10.2. The summed E-state index contributed by atoms with van der Waals surface area (Å²) < 4.78 is 12.7. The largest absolute Gasteiger partial charge is 0.303 e. The molecule has 0 aromatic carbocycles. The third-order valence-corrected chi connectivity index (χ3v) is 3.07. The molecule has 0 spiro atoms. The zero-order chi connectivity index (χ0) is 13.0. The van der Waals surface area contributed by atoms with E-state index in [4.69, 9.17) is 5.84 Å². The first-order valence-electron chi connectivity index (χ1n) is 6.08. The van der Waals surface area contributed by atoms with Gasteiger partial charge in [-0.2, -0.15) is 0 Å². The highest BCUT2D eigenvalue weighted by Crippen LogP contribution is 2.11. The second-order valence-electron chi connectivity index (χ2n) is 4.40. The van der Waals surface area contributed by atoms with Crippen molar-refractivity contribution in [1.82, 2.24) is 9.88 Å². The van der Waals surface area contributed by atoms with E-state index in [0.29, 0.717) is 13.0 Å². The first kappa shape index (κ1) is 12.9. The molecule has 6 heteroatoms. The Hall–Kier alpha value is -1.53. The topological polar surface area (TPSA) is 62.5 Å². The van der Waals surface area contributed by atoms with Gasteiger partial charge in [0.15, 0.2) is 0 Å². The molecule has 1 aromatic heterocycles. The molecule has 0 unspecified atom stereocenters. The Labute approximate surface area is 105 Å². The summed E-state index contributed by atoms with van der Waals surface area (Å²) in [5.41, 5.74) is 0. The Bertz CT molecular complexity index is 403. The van der Waals surface area contributed by atoms with Crippen molar-refractivity contribution in [3.63, 3.8) is 0 Å². The molecule has 98 valence electrons. The van der Waals surface area contributed by atoms with Gasteiger partial charge in [-0.15, -0.1) is 0 Å². The van der Waals surface area contributed by atoms with Crippen LogP contribution in [0.25, 0.3) is 0 Å². The Morgan fingerprint density at radius 2 is 2.17 bits per heavy atom. The Morgan fingerprint density at radius 3 is 2.78 bits per heavy atom. The molecule has 0 saturated carbocycles. The fraction of sp³-hybridized carbons (Fsp3) is 0.500. The molecule has 1 aliphatic heterocycles. The fourth-order valence-electron chi connectivity index (χ4n) is 2.02. The number of pyridine rings is 1. The van der Waals surface area contributed by atoms with Crippen LogP contribution in [0.4, 0.5) is 10.2 Å². The number of rotatable bonds is 4. The maximum atomic E-state index is 12.7. The monoisotopic (exact) mass is 252 g/mol. The Balaban J connectivity index is 1.85. The third kappa shape index (κ3) is 3.24. The van der Waals surface area contributed by atoms with Crippen LogP contribution in [0.5, 0.6) is 0 Å². The molecule has 18 heavy (non-hydrogen) atoms. The lowest BCUT2D eigenvalue weighted by molar-refractivity contribution is -0.119. The van der Waals surface area contributed by atoms with Gasteiger partial charge in [0.25, 0.3) is 0 Å². The normalized spacial score (nSPS) is 15.9. The van der Waals surface area contributed by atoms with Crippen LogP contribution in [-0.4, -0.2) is 35.4 Å². The standard InChI is InChI=1S/C12H17FN4O/c13-10-3-4-11(15-9-10)17(14)12(18)5-8-16-6-1-2-7-16/h3-4,9H,1-2,5-8,14H2. The van der Waals surface area contributed by atoms with Gasteiger partial charge in [-0.25, -0.2) is 20.2 Å². The van der Waals surface area contributed by atoms with Gasteiger partial charge in [0.2, 0.25) is 5.91 Å². The SMILES string of the molecule is NN(C(=O)CCN1CCCC1)c1ccc(F)cn1. The smallest absolute Gasteiger partial charge is 0.243 e. The van der Waals surface area contributed by atoms with E-state index in [1.54, 1.807) is 0 Å². The number of amides is 1. The van der Waals surface area contributed by atoms with Crippen molar-refractivity contribution in [3.05, 3.63) is 24.1 Å². The molecule has 0 bridgehead atoms. The van der Waals surface area contributed by atoms with Crippen LogP contribution in [0.1, 0.15) is 19.3 Å². The van der Waals surface area contributed by atoms with Crippen LogP contribution in [0.2, 0.25) is 0 Å². The minimum atomic E-state index is -0.448. The average molecular weight is 252 g/mol. The predicted molar refractivity (Wildman–Crippen MR) is 66.2 cm³/mol. The van der Waals surface area contributed by atoms with E-state index in [-0.39, 0.29) is 11.7 Å². The number of hydrazine groups is 1. The molecule has 2 N–H and O–H groups in total. The lowest BCUT2D eigenvalue weighted by atomic mass is 10.3. The zero-order valence-electron chi connectivity index (χ0n) is 10.2. The summed E-state index contributed by atoms with van der Waals surface area (Å²) in [6.45, 7) is 2.81. The van der Waals surface area contributed by atoms with E-state index in [0.717, 1.165) is 24.3 Å². The summed E-state index contributed by atoms with van der Waals surface area (Å²) in [6.07, 6.45) is 3.79. The molecule has 1 aliphatic rings. The number of likely N-dealkylation sites (tertiary alicyclic amines) is 1. The summed E-state index contributed by atoms with van der Waals surface area (Å²) in [5.74, 6) is 5.27. The highest BCUT2D eigenvalue weighted by atomic mass is 19.1. The molecule has 2 heterocycles. The van der Waals surface area contributed by atoms with E-state index in [1.807, 2.05) is 0 Å². The summed E-state index contributed by atoms with van der Waals surface area (Å²) in [7, 11) is 0.